The van der Waals surface area contributed by atoms with Gasteiger partial charge in [-0.15, -0.1) is 0 Å². The van der Waals surface area contributed by atoms with Gasteiger partial charge in [-0.2, -0.15) is 0 Å². The third-order valence-corrected chi connectivity index (χ3v) is 4.63. The standard InChI is InChI=1S/C18H15N5S/c19-11-12-3-8-21-17(9-12)23-18-22-15-2-1-14(10-16(15)24-18)13-4-6-20-7-5-13/h1-10H,11,19H2,(H,21,22,23). The minimum Gasteiger partial charge on any atom is -0.326 e. The Bertz CT molecular complexity index is 981. The van der Waals surface area contributed by atoms with Gasteiger partial charge in [0.25, 0.3) is 0 Å². The van der Waals surface area contributed by atoms with Crippen LogP contribution in [0, 0.1) is 0 Å². The van der Waals surface area contributed by atoms with E-state index in [9.17, 15) is 0 Å². The number of benzene rings is 1. The van der Waals surface area contributed by atoms with Crippen molar-refractivity contribution in [2.45, 2.75) is 6.54 Å². The van der Waals surface area contributed by atoms with Crippen LogP contribution in [-0.4, -0.2) is 15.0 Å². The summed E-state index contributed by atoms with van der Waals surface area (Å²) in [6.07, 6.45) is 5.35. The molecule has 3 aromatic heterocycles. The quantitative estimate of drug-likeness (QED) is 0.591. The molecule has 3 N–H and O–H groups in total. The maximum absolute atomic E-state index is 5.67. The predicted molar refractivity (Wildman–Crippen MR) is 98.3 cm³/mol. The number of rotatable bonds is 4. The smallest absolute Gasteiger partial charge is 0.189 e. The molecule has 0 saturated carbocycles. The van der Waals surface area contributed by atoms with Gasteiger partial charge < -0.3 is 11.1 Å². The van der Waals surface area contributed by atoms with Crippen LogP contribution in [0.4, 0.5) is 10.9 Å². The molecule has 0 bridgehead atoms. The Labute approximate surface area is 143 Å². The molecule has 4 aromatic rings. The molecule has 118 valence electrons. The van der Waals surface area contributed by atoms with Crippen LogP contribution in [0.3, 0.4) is 0 Å². The second-order valence-corrected chi connectivity index (χ2v) is 6.35. The fourth-order valence-electron chi connectivity index (χ4n) is 2.48. The van der Waals surface area contributed by atoms with Gasteiger partial charge in [-0.25, -0.2) is 9.97 Å². The highest BCUT2D eigenvalue weighted by molar-refractivity contribution is 7.22. The summed E-state index contributed by atoms with van der Waals surface area (Å²) in [6.45, 7) is 0.492. The summed E-state index contributed by atoms with van der Waals surface area (Å²) in [6, 6.07) is 14.1. The number of thiazole rings is 1. The molecule has 0 fully saturated rings. The second kappa shape index (κ2) is 6.35. The fourth-order valence-corrected chi connectivity index (χ4v) is 3.39. The lowest BCUT2D eigenvalue weighted by atomic mass is 10.1. The highest BCUT2D eigenvalue weighted by atomic mass is 32.1. The Hall–Kier alpha value is -2.83. The predicted octanol–water partition coefficient (Wildman–Crippen LogP) is 3.96. The van der Waals surface area contributed by atoms with E-state index >= 15 is 0 Å². The van der Waals surface area contributed by atoms with Crippen LogP contribution in [0.25, 0.3) is 21.3 Å². The summed E-state index contributed by atoms with van der Waals surface area (Å²) in [7, 11) is 0. The first-order valence-corrected chi connectivity index (χ1v) is 8.36. The van der Waals surface area contributed by atoms with Crippen LogP contribution in [0.1, 0.15) is 5.56 Å². The van der Waals surface area contributed by atoms with Gasteiger partial charge in [-0.05, 0) is 53.1 Å². The lowest BCUT2D eigenvalue weighted by Gasteiger charge is -2.02. The van der Waals surface area contributed by atoms with Crippen molar-refractivity contribution in [1.82, 2.24) is 15.0 Å². The van der Waals surface area contributed by atoms with Crippen molar-refractivity contribution in [2.75, 3.05) is 5.32 Å². The average molecular weight is 333 g/mol. The van der Waals surface area contributed by atoms with Gasteiger partial charge in [0, 0.05) is 25.1 Å². The first kappa shape index (κ1) is 14.7. The number of aromatic nitrogens is 3. The zero-order valence-electron chi connectivity index (χ0n) is 12.8. The van der Waals surface area contributed by atoms with Gasteiger partial charge in [0.1, 0.15) is 5.82 Å². The van der Waals surface area contributed by atoms with Crippen LogP contribution >= 0.6 is 11.3 Å². The van der Waals surface area contributed by atoms with Crippen molar-refractivity contribution >= 4 is 32.5 Å². The zero-order chi connectivity index (χ0) is 16.4. The van der Waals surface area contributed by atoms with Crippen molar-refractivity contribution in [2.24, 2.45) is 5.73 Å². The molecule has 0 spiro atoms. The average Bonchev–Trinajstić information content (AvgIpc) is 3.04. The molecule has 0 aliphatic heterocycles. The van der Waals surface area contributed by atoms with E-state index in [1.165, 1.54) is 0 Å². The van der Waals surface area contributed by atoms with E-state index in [0.29, 0.717) is 6.54 Å². The van der Waals surface area contributed by atoms with E-state index in [2.05, 4.69) is 32.4 Å². The SMILES string of the molecule is NCc1ccnc(Nc2nc3ccc(-c4ccncc4)cc3s2)c1. The topological polar surface area (TPSA) is 76.7 Å². The van der Waals surface area contributed by atoms with Crippen LogP contribution in [0.15, 0.2) is 61.1 Å². The number of fused-ring (bicyclic) bond motifs is 1. The van der Waals surface area contributed by atoms with E-state index in [1.807, 2.05) is 30.3 Å². The van der Waals surface area contributed by atoms with E-state index in [1.54, 1.807) is 29.9 Å². The maximum atomic E-state index is 5.67. The van der Waals surface area contributed by atoms with E-state index in [0.717, 1.165) is 37.9 Å². The fraction of sp³-hybridized carbons (Fsp3) is 0.0556. The van der Waals surface area contributed by atoms with Gasteiger partial charge in [-0.1, -0.05) is 17.4 Å². The number of pyridine rings is 2. The van der Waals surface area contributed by atoms with E-state index in [-0.39, 0.29) is 0 Å². The highest BCUT2D eigenvalue weighted by Crippen LogP contribution is 2.31. The zero-order valence-corrected chi connectivity index (χ0v) is 13.6. The highest BCUT2D eigenvalue weighted by Gasteiger charge is 2.07. The lowest BCUT2D eigenvalue weighted by Crippen LogP contribution is -1.99. The van der Waals surface area contributed by atoms with Gasteiger partial charge in [0.2, 0.25) is 0 Å². The molecule has 3 heterocycles. The number of hydrogen-bond donors (Lipinski definition) is 2. The molecule has 0 aliphatic carbocycles. The summed E-state index contributed by atoms with van der Waals surface area (Å²) in [4.78, 5) is 13.0. The van der Waals surface area contributed by atoms with Crippen LogP contribution in [0.5, 0.6) is 0 Å². The minimum absolute atomic E-state index is 0.492. The van der Waals surface area contributed by atoms with E-state index < -0.39 is 0 Å². The minimum atomic E-state index is 0.492. The van der Waals surface area contributed by atoms with Gasteiger partial charge >= 0.3 is 0 Å². The molecular weight excluding hydrogens is 318 g/mol. The third kappa shape index (κ3) is 2.97. The molecule has 5 nitrogen and oxygen atoms in total. The van der Waals surface area contributed by atoms with Gasteiger partial charge in [-0.3, -0.25) is 4.98 Å². The number of nitrogens with zero attached hydrogens (tertiary/aromatic N) is 3. The first-order chi connectivity index (χ1) is 11.8. The summed E-state index contributed by atoms with van der Waals surface area (Å²) < 4.78 is 1.13. The molecule has 6 heteroatoms. The number of hydrogen-bond acceptors (Lipinski definition) is 6. The molecule has 0 unspecified atom stereocenters. The van der Waals surface area contributed by atoms with E-state index in [4.69, 9.17) is 5.73 Å². The molecular formula is C18H15N5S. The van der Waals surface area contributed by atoms with Gasteiger partial charge in [0.15, 0.2) is 5.13 Å². The Morgan fingerprint density at radius 3 is 2.67 bits per heavy atom. The van der Waals surface area contributed by atoms with Crippen molar-refractivity contribution in [3.63, 3.8) is 0 Å². The molecule has 0 atom stereocenters. The number of anilines is 2. The molecule has 1 aromatic carbocycles. The maximum Gasteiger partial charge on any atom is 0.189 e. The Morgan fingerprint density at radius 2 is 1.83 bits per heavy atom. The molecule has 0 amide bonds. The molecule has 4 rings (SSSR count). The van der Waals surface area contributed by atoms with Crippen molar-refractivity contribution in [3.8, 4) is 11.1 Å². The van der Waals surface area contributed by atoms with Crippen molar-refractivity contribution in [1.29, 1.82) is 0 Å². The number of nitrogens with one attached hydrogen (secondary N) is 1. The largest absolute Gasteiger partial charge is 0.326 e. The Kier molecular flexibility index (Phi) is 3.90. The summed E-state index contributed by atoms with van der Waals surface area (Å²) in [5.41, 5.74) is 9.98. The van der Waals surface area contributed by atoms with Crippen LogP contribution in [0.2, 0.25) is 0 Å². The molecule has 0 radical (unpaired) electrons. The number of nitrogens with two attached hydrogens (primary N) is 1. The summed E-state index contributed by atoms with van der Waals surface area (Å²) in [5, 5.41) is 4.08. The summed E-state index contributed by atoms with van der Waals surface area (Å²) in [5.74, 6) is 0.756. The van der Waals surface area contributed by atoms with Crippen molar-refractivity contribution in [3.05, 3.63) is 66.6 Å². The van der Waals surface area contributed by atoms with Crippen molar-refractivity contribution < 1.29 is 0 Å². The Morgan fingerprint density at radius 1 is 0.958 bits per heavy atom. The Balaban J connectivity index is 1.65. The summed E-state index contributed by atoms with van der Waals surface area (Å²) >= 11 is 1.61. The molecule has 0 saturated heterocycles. The normalized spacial score (nSPS) is 10.9. The lowest BCUT2D eigenvalue weighted by molar-refractivity contribution is 1.06. The monoisotopic (exact) mass is 333 g/mol. The van der Waals surface area contributed by atoms with Crippen LogP contribution < -0.4 is 11.1 Å². The second-order valence-electron chi connectivity index (χ2n) is 5.32. The first-order valence-electron chi connectivity index (χ1n) is 7.55. The molecule has 24 heavy (non-hydrogen) atoms. The van der Waals surface area contributed by atoms with Crippen LogP contribution in [-0.2, 0) is 6.54 Å². The third-order valence-electron chi connectivity index (χ3n) is 3.70. The molecule has 0 aliphatic rings. The van der Waals surface area contributed by atoms with Gasteiger partial charge in [0.05, 0.1) is 10.2 Å².